The number of hydrogen-bond donors (Lipinski definition) is 1. The molecule has 0 saturated carbocycles. The molecular formula is C17H33N3O. The highest BCUT2D eigenvalue weighted by molar-refractivity contribution is 5.77. The first-order valence-electron chi connectivity index (χ1n) is 8.83. The molecule has 2 N–H and O–H groups in total. The van der Waals surface area contributed by atoms with Crippen molar-refractivity contribution in [2.45, 2.75) is 58.4 Å². The van der Waals surface area contributed by atoms with E-state index in [1.54, 1.807) is 0 Å². The lowest BCUT2D eigenvalue weighted by atomic mass is 9.89. The standard InChI is InChI=1S/C17H33N3O/c1-14(2)15-6-5-10-19(11-7-15)16(13-18)12-17(21)20-8-3-4-9-20/h14-16H,3-13,18H2,1-2H3. The molecule has 2 heterocycles. The Morgan fingerprint density at radius 2 is 1.81 bits per heavy atom. The minimum Gasteiger partial charge on any atom is -0.343 e. The van der Waals surface area contributed by atoms with Crippen molar-refractivity contribution in [2.24, 2.45) is 17.6 Å². The number of hydrogen-bond acceptors (Lipinski definition) is 3. The Bertz CT molecular complexity index is 326. The smallest absolute Gasteiger partial charge is 0.224 e. The van der Waals surface area contributed by atoms with Gasteiger partial charge in [0.1, 0.15) is 0 Å². The van der Waals surface area contributed by atoms with Crippen molar-refractivity contribution in [3.8, 4) is 0 Å². The average Bonchev–Trinajstić information content (AvgIpc) is 2.89. The van der Waals surface area contributed by atoms with Crippen molar-refractivity contribution in [2.75, 3.05) is 32.7 Å². The maximum Gasteiger partial charge on any atom is 0.224 e. The average molecular weight is 295 g/mol. The summed E-state index contributed by atoms with van der Waals surface area (Å²) in [5, 5.41) is 0. The first kappa shape index (κ1) is 16.8. The van der Waals surface area contributed by atoms with Crippen molar-refractivity contribution in [3.05, 3.63) is 0 Å². The summed E-state index contributed by atoms with van der Waals surface area (Å²) in [6.45, 7) is 9.38. The molecule has 0 spiro atoms. The van der Waals surface area contributed by atoms with Gasteiger partial charge in [-0.1, -0.05) is 13.8 Å². The van der Waals surface area contributed by atoms with Gasteiger partial charge in [0.15, 0.2) is 0 Å². The molecule has 4 heteroatoms. The van der Waals surface area contributed by atoms with Crippen LogP contribution in [0.2, 0.25) is 0 Å². The lowest BCUT2D eigenvalue weighted by molar-refractivity contribution is -0.131. The van der Waals surface area contributed by atoms with Crippen molar-refractivity contribution in [1.29, 1.82) is 0 Å². The van der Waals surface area contributed by atoms with Crippen molar-refractivity contribution < 1.29 is 4.79 Å². The summed E-state index contributed by atoms with van der Waals surface area (Å²) in [6, 6.07) is 0.240. The Morgan fingerprint density at radius 3 is 2.43 bits per heavy atom. The molecule has 122 valence electrons. The monoisotopic (exact) mass is 295 g/mol. The van der Waals surface area contributed by atoms with Crippen LogP contribution < -0.4 is 5.73 Å². The fraction of sp³-hybridized carbons (Fsp3) is 0.941. The Balaban J connectivity index is 1.86. The van der Waals surface area contributed by atoms with Gasteiger partial charge < -0.3 is 10.6 Å². The highest BCUT2D eigenvalue weighted by atomic mass is 16.2. The molecule has 2 unspecified atom stereocenters. The van der Waals surface area contributed by atoms with Gasteiger partial charge in [0.25, 0.3) is 0 Å². The Labute approximate surface area is 130 Å². The highest BCUT2D eigenvalue weighted by Crippen LogP contribution is 2.26. The third-order valence-electron chi connectivity index (χ3n) is 5.41. The predicted molar refractivity (Wildman–Crippen MR) is 87.0 cm³/mol. The molecule has 2 saturated heterocycles. The zero-order valence-electron chi connectivity index (χ0n) is 13.9. The first-order chi connectivity index (χ1) is 10.1. The fourth-order valence-corrected chi connectivity index (χ4v) is 3.83. The van der Waals surface area contributed by atoms with E-state index in [4.69, 9.17) is 5.73 Å². The van der Waals surface area contributed by atoms with Gasteiger partial charge in [0.2, 0.25) is 5.91 Å². The van der Waals surface area contributed by atoms with Gasteiger partial charge in [-0.2, -0.15) is 0 Å². The summed E-state index contributed by atoms with van der Waals surface area (Å²) in [5.74, 6) is 1.92. The normalized spacial score (nSPS) is 26.1. The number of amides is 1. The summed E-state index contributed by atoms with van der Waals surface area (Å²) < 4.78 is 0. The topological polar surface area (TPSA) is 49.6 Å². The zero-order valence-corrected chi connectivity index (χ0v) is 13.9. The molecule has 0 radical (unpaired) electrons. The zero-order chi connectivity index (χ0) is 15.2. The Hall–Kier alpha value is -0.610. The summed E-state index contributed by atoms with van der Waals surface area (Å²) >= 11 is 0. The predicted octanol–water partition coefficient (Wildman–Crippen LogP) is 2.08. The summed E-state index contributed by atoms with van der Waals surface area (Å²) in [5.41, 5.74) is 5.98. The number of carbonyl (C=O) groups is 1. The Kier molecular flexibility index (Phi) is 6.49. The van der Waals surface area contributed by atoms with Crippen molar-refractivity contribution in [3.63, 3.8) is 0 Å². The van der Waals surface area contributed by atoms with Crippen LogP contribution in [0.3, 0.4) is 0 Å². The second-order valence-electron chi connectivity index (χ2n) is 7.15. The van der Waals surface area contributed by atoms with Gasteiger partial charge in [-0.25, -0.2) is 0 Å². The lowest BCUT2D eigenvalue weighted by Gasteiger charge is -2.30. The second-order valence-corrected chi connectivity index (χ2v) is 7.15. The van der Waals surface area contributed by atoms with Gasteiger partial charge in [-0.3, -0.25) is 9.69 Å². The molecule has 2 fully saturated rings. The maximum atomic E-state index is 12.4. The van der Waals surface area contributed by atoms with Gasteiger partial charge in [0.05, 0.1) is 0 Å². The number of carbonyl (C=O) groups excluding carboxylic acids is 1. The molecule has 0 bridgehead atoms. The van der Waals surface area contributed by atoms with E-state index in [0.717, 1.165) is 38.0 Å². The van der Waals surface area contributed by atoms with Gasteiger partial charge in [-0.15, -0.1) is 0 Å². The van der Waals surface area contributed by atoms with E-state index in [2.05, 4.69) is 18.7 Å². The first-order valence-corrected chi connectivity index (χ1v) is 8.83. The summed E-state index contributed by atoms with van der Waals surface area (Å²) in [4.78, 5) is 16.9. The maximum absolute atomic E-state index is 12.4. The third-order valence-corrected chi connectivity index (χ3v) is 5.41. The lowest BCUT2D eigenvalue weighted by Crippen LogP contribution is -2.45. The van der Waals surface area contributed by atoms with Crippen molar-refractivity contribution >= 4 is 5.91 Å². The molecule has 0 aromatic heterocycles. The molecule has 2 aliphatic rings. The molecule has 0 aromatic rings. The number of rotatable bonds is 5. The van der Waals surface area contributed by atoms with E-state index in [1.165, 1.54) is 32.1 Å². The van der Waals surface area contributed by atoms with Crippen LogP contribution in [0, 0.1) is 11.8 Å². The van der Waals surface area contributed by atoms with Gasteiger partial charge in [-0.05, 0) is 57.0 Å². The van der Waals surface area contributed by atoms with Crippen LogP contribution in [0.1, 0.15) is 52.4 Å². The largest absolute Gasteiger partial charge is 0.343 e. The van der Waals surface area contributed by atoms with E-state index in [0.29, 0.717) is 18.9 Å². The molecule has 2 rings (SSSR count). The highest BCUT2D eigenvalue weighted by Gasteiger charge is 2.27. The molecular weight excluding hydrogens is 262 g/mol. The van der Waals surface area contributed by atoms with Gasteiger partial charge >= 0.3 is 0 Å². The van der Waals surface area contributed by atoms with E-state index >= 15 is 0 Å². The van der Waals surface area contributed by atoms with Crippen LogP contribution in [0.25, 0.3) is 0 Å². The molecule has 2 aliphatic heterocycles. The van der Waals surface area contributed by atoms with E-state index in [1.807, 2.05) is 4.90 Å². The van der Waals surface area contributed by atoms with E-state index in [9.17, 15) is 4.79 Å². The van der Waals surface area contributed by atoms with Crippen LogP contribution in [-0.2, 0) is 4.79 Å². The third kappa shape index (κ3) is 4.68. The van der Waals surface area contributed by atoms with Crippen molar-refractivity contribution in [1.82, 2.24) is 9.80 Å². The van der Waals surface area contributed by atoms with Crippen LogP contribution in [0.15, 0.2) is 0 Å². The van der Waals surface area contributed by atoms with Crippen LogP contribution in [0.4, 0.5) is 0 Å². The van der Waals surface area contributed by atoms with Crippen LogP contribution in [-0.4, -0.2) is 54.5 Å². The fourth-order valence-electron chi connectivity index (χ4n) is 3.83. The summed E-state index contributed by atoms with van der Waals surface area (Å²) in [6.07, 6.45) is 6.77. The SMILES string of the molecule is CC(C)C1CCCN(C(CN)CC(=O)N2CCCC2)CC1. The van der Waals surface area contributed by atoms with E-state index in [-0.39, 0.29) is 6.04 Å². The van der Waals surface area contributed by atoms with Crippen LogP contribution in [0.5, 0.6) is 0 Å². The second kappa shape index (κ2) is 8.14. The number of nitrogens with two attached hydrogens (primary N) is 1. The molecule has 1 amide bonds. The quantitative estimate of drug-likeness (QED) is 0.845. The number of likely N-dealkylation sites (tertiary alicyclic amines) is 2. The molecule has 0 aliphatic carbocycles. The van der Waals surface area contributed by atoms with Gasteiger partial charge in [0, 0.05) is 32.1 Å². The summed E-state index contributed by atoms with van der Waals surface area (Å²) in [7, 11) is 0. The van der Waals surface area contributed by atoms with E-state index < -0.39 is 0 Å². The number of nitrogens with zero attached hydrogens (tertiary/aromatic N) is 2. The minimum atomic E-state index is 0.240. The molecule has 0 aromatic carbocycles. The Morgan fingerprint density at radius 1 is 1.10 bits per heavy atom. The minimum absolute atomic E-state index is 0.240. The molecule has 4 nitrogen and oxygen atoms in total. The molecule has 2 atom stereocenters. The van der Waals surface area contributed by atoms with Crippen LogP contribution >= 0.6 is 0 Å². The molecule has 21 heavy (non-hydrogen) atoms.